The predicted molar refractivity (Wildman–Crippen MR) is 246 cm³/mol. The smallest absolute Gasteiger partial charge is 0.143 e. The summed E-state index contributed by atoms with van der Waals surface area (Å²) in [6.45, 7) is 4.70. The molecule has 280 valence electrons. The van der Waals surface area contributed by atoms with Gasteiger partial charge in [-0.1, -0.05) is 178 Å². The van der Waals surface area contributed by atoms with Crippen molar-refractivity contribution in [3.8, 4) is 78.3 Å². The Morgan fingerprint density at radius 2 is 0.864 bits per heavy atom. The standard InChI is InChI=1S/C57H41NO/c1-57(2)53-25-11-9-21-48(53)49-34-32-45(37-54(49)57)58(44-20-13-19-41(35-44)38-15-5-3-6-16-38)43-30-27-40(28-31-43)46-23-14-24-51-52-36-42(39-17-7-4-8-18-39)29-33-47(52)50-22-10-12-26-55(50)59-56(46)51/h3-37H,1-2H3. The van der Waals surface area contributed by atoms with Gasteiger partial charge >= 0.3 is 0 Å². The molecular weight excluding hydrogens is 715 g/mol. The number of hydrogen-bond acceptors (Lipinski definition) is 2. The third-order valence-electron chi connectivity index (χ3n) is 12.3. The lowest BCUT2D eigenvalue weighted by Gasteiger charge is -2.28. The quantitative estimate of drug-likeness (QED) is 0.168. The Morgan fingerprint density at radius 3 is 1.64 bits per heavy atom. The van der Waals surface area contributed by atoms with Gasteiger partial charge in [-0.3, -0.25) is 0 Å². The van der Waals surface area contributed by atoms with Gasteiger partial charge in [0, 0.05) is 39.2 Å². The van der Waals surface area contributed by atoms with E-state index in [1.54, 1.807) is 0 Å². The van der Waals surface area contributed by atoms with Crippen molar-refractivity contribution in [2.75, 3.05) is 4.90 Å². The minimum atomic E-state index is -0.117. The van der Waals surface area contributed by atoms with E-state index in [0.29, 0.717) is 0 Å². The molecule has 9 aromatic carbocycles. The molecule has 9 aromatic rings. The highest BCUT2D eigenvalue weighted by atomic mass is 16.5. The van der Waals surface area contributed by atoms with Crippen LogP contribution in [0.15, 0.2) is 212 Å². The van der Waals surface area contributed by atoms with E-state index in [9.17, 15) is 0 Å². The molecule has 0 aromatic heterocycles. The van der Waals surface area contributed by atoms with Crippen LogP contribution in [0.1, 0.15) is 25.0 Å². The van der Waals surface area contributed by atoms with Gasteiger partial charge in [0.05, 0.1) is 0 Å². The van der Waals surface area contributed by atoms with E-state index in [2.05, 4.69) is 231 Å². The van der Waals surface area contributed by atoms with Crippen molar-refractivity contribution in [1.29, 1.82) is 0 Å². The van der Waals surface area contributed by atoms with Crippen LogP contribution in [0.5, 0.6) is 11.5 Å². The molecule has 11 rings (SSSR count). The molecule has 0 atom stereocenters. The molecule has 0 spiro atoms. The maximum atomic E-state index is 6.97. The van der Waals surface area contributed by atoms with E-state index in [1.165, 1.54) is 50.1 Å². The van der Waals surface area contributed by atoms with Crippen molar-refractivity contribution in [2.45, 2.75) is 19.3 Å². The Balaban J connectivity index is 1.04. The third kappa shape index (κ3) is 5.87. The van der Waals surface area contributed by atoms with Gasteiger partial charge in [0.1, 0.15) is 11.5 Å². The number of hydrogen-bond donors (Lipinski definition) is 0. The van der Waals surface area contributed by atoms with E-state index in [-0.39, 0.29) is 5.41 Å². The average molecular weight is 756 g/mol. The zero-order valence-corrected chi connectivity index (χ0v) is 33.1. The molecule has 1 aliphatic carbocycles. The number of benzene rings is 9. The van der Waals surface area contributed by atoms with Crippen molar-refractivity contribution in [3.63, 3.8) is 0 Å². The first-order valence-electron chi connectivity index (χ1n) is 20.4. The second kappa shape index (κ2) is 13.9. The summed E-state index contributed by atoms with van der Waals surface area (Å²) in [6.07, 6.45) is 0. The van der Waals surface area contributed by atoms with Crippen molar-refractivity contribution in [2.24, 2.45) is 0 Å². The fourth-order valence-corrected chi connectivity index (χ4v) is 9.31. The lowest BCUT2D eigenvalue weighted by molar-refractivity contribution is 0.489. The van der Waals surface area contributed by atoms with Crippen LogP contribution in [0.3, 0.4) is 0 Å². The van der Waals surface area contributed by atoms with Crippen LogP contribution >= 0.6 is 0 Å². The maximum absolute atomic E-state index is 6.97. The van der Waals surface area contributed by atoms with Gasteiger partial charge in [0.15, 0.2) is 0 Å². The summed E-state index contributed by atoms with van der Waals surface area (Å²) in [5.41, 5.74) is 19.9. The highest BCUT2D eigenvalue weighted by Gasteiger charge is 2.36. The zero-order valence-electron chi connectivity index (χ0n) is 33.1. The molecule has 0 saturated carbocycles. The van der Waals surface area contributed by atoms with E-state index < -0.39 is 0 Å². The molecule has 0 N–H and O–H groups in total. The summed E-state index contributed by atoms with van der Waals surface area (Å²) in [4.78, 5) is 2.40. The molecule has 1 aliphatic heterocycles. The minimum absolute atomic E-state index is 0.117. The van der Waals surface area contributed by atoms with Crippen molar-refractivity contribution < 1.29 is 4.74 Å². The van der Waals surface area contributed by atoms with Crippen LogP contribution in [0.25, 0.3) is 66.8 Å². The topological polar surface area (TPSA) is 12.5 Å². The van der Waals surface area contributed by atoms with Crippen LogP contribution in [0, 0.1) is 0 Å². The fourth-order valence-electron chi connectivity index (χ4n) is 9.31. The Morgan fingerprint density at radius 1 is 0.322 bits per heavy atom. The summed E-state index contributed by atoms with van der Waals surface area (Å²) in [7, 11) is 0. The summed E-state index contributed by atoms with van der Waals surface area (Å²) in [5, 5.41) is 0. The van der Waals surface area contributed by atoms with E-state index in [4.69, 9.17) is 4.74 Å². The molecule has 0 unspecified atom stereocenters. The van der Waals surface area contributed by atoms with Crippen molar-refractivity contribution >= 4 is 17.1 Å². The lowest BCUT2D eigenvalue weighted by Crippen LogP contribution is -2.16. The zero-order chi connectivity index (χ0) is 39.5. The van der Waals surface area contributed by atoms with Crippen LogP contribution in [0.2, 0.25) is 0 Å². The van der Waals surface area contributed by atoms with Gasteiger partial charge in [-0.05, 0) is 110 Å². The summed E-state index contributed by atoms with van der Waals surface area (Å²) in [6, 6.07) is 76.7. The molecule has 0 radical (unpaired) electrons. The Kier molecular flexibility index (Phi) is 8.20. The molecule has 2 nitrogen and oxygen atoms in total. The number of rotatable bonds is 6. The van der Waals surface area contributed by atoms with Crippen LogP contribution in [-0.4, -0.2) is 0 Å². The number of nitrogens with zero attached hydrogens (tertiary/aromatic N) is 1. The van der Waals surface area contributed by atoms with Gasteiger partial charge in [-0.25, -0.2) is 0 Å². The monoisotopic (exact) mass is 755 g/mol. The number of para-hydroxylation sites is 2. The van der Waals surface area contributed by atoms with Gasteiger partial charge in [0.2, 0.25) is 0 Å². The summed E-state index contributed by atoms with van der Waals surface area (Å²) >= 11 is 0. The van der Waals surface area contributed by atoms with Crippen molar-refractivity contribution in [1.82, 2.24) is 0 Å². The van der Waals surface area contributed by atoms with E-state index in [1.807, 2.05) is 0 Å². The predicted octanol–water partition coefficient (Wildman–Crippen LogP) is 15.9. The molecule has 0 bridgehead atoms. The minimum Gasteiger partial charge on any atom is -0.455 e. The van der Waals surface area contributed by atoms with Gasteiger partial charge in [-0.15, -0.1) is 0 Å². The summed E-state index contributed by atoms with van der Waals surface area (Å²) < 4.78 is 6.97. The van der Waals surface area contributed by atoms with Crippen LogP contribution < -0.4 is 9.64 Å². The van der Waals surface area contributed by atoms with Crippen LogP contribution in [-0.2, 0) is 5.41 Å². The molecule has 2 heteroatoms. The van der Waals surface area contributed by atoms with Crippen molar-refractivity contribution in [3.05, 3.63) is 223 Å². The first-order chi connectivity index (χ1) is 29.0. The first-order valence-corrected chi connectivity index (χ1v) is 20.4. The van der Waals surface area contributed by atoms with Crippen LogP contribution in [0.4, 0.5) is 17.1 Å². The first kappa shape index (κ1) is 34.8. The maximum Gasteiger partial charge on any atom is 0.143 e. The third-order valence-corrected chi connectivity index (χ3v) is 12.3. The van der Waals surface area contributed by atoms with Gasteiger partial charge < -0.3 is 9.64 Å². The van der Waals surface area contributed by atoms with E-state index >= 15 is 0 Å². The fraction of sp³-hybridized carbons (Fsp3) is 0.0526. The molecule has 0 fully saturated rings. The average Bonchev–Trinajstić information content (AvgIpc) is 3.42. The molecule has 1 heterocycles. The molecule has 59 heavy (non-hydrogen) atoms. The largest absolute Gasteiger partial charge is 0.455 e. The highest BCUT2D eigenvalue weighted by molar-refractivity contribution is 5.96. The van der Waals surface area contributed by atoms with E-state index in [0.717, 1.165) is 56.4 Å². The molecule has 2 aliphatic rings. The molecule has 0 amide bonds. The van der Waals surface area contributed by atoms with Gasteiger partial charge in [-0.2, -0.15) is 0 Å². The Labute approximate surface area is 346 Å². The number of ether oxygens (including phenoxy) is 1. The number of anilines is 3. The molecular formula is C57H41NO. The Hall–Kier alpha value is -7.42. The highest BCUT2D eigenvalue weighted by Crippen LogP contribution is 2.53. The van der Waals surface area contributed by atoms with Gasteiger partial charge in [0.25, 0.3) is 0 Å². The lowest BCUT2D eigenvalue weighted by atomic mass is 9.82. The molecule has 0 saturated heterocycles. The Bertz CT molecular complexity index is 3040. The normalized spacial score (nSPS) is 12.8. The summed E-state index contributed by atoms with van der Waals surface area (Å²) in [5.74, 6) is 1.72. The second-order valence-corrected chi connectivity index (χ2v) is 16.1. The number of fused-ring (bicyclic) bond motifs is 8. The SMILES string of the molecule is CC1(C)c2ccccc2-c2ccc(N(c3ccc(-c4cccc5c4Oc4ccccc4-c4ccc(-c6ccccc6)cc4-5)cc3)c3cccc(-c4ccccc4)c3)cc21. The second-order valence-electron chi connectivity index (χ2n) is 16.1.